The molecule has 0 bridgehead atoms. The summed E-state index contributed by atoms with van der Waals surface area (Å²) in [5, 5.41) is 21.4. The second kappa shape index (κ2) is 7.76. The van der Waals surface area contributed by atoms with Crippen molar-refractivity contribution in [2.75, 3.05) is 0 Å². The molecule has 8 nitrogen and oxygen atoms in total. The second-order valence-electron chi connectivity index (χ2n) is 4.90. The fraction of sp³-hybridized carbons (Fsp3) is 0. The fourth-order valence-corrected chi connectivity index (χ4v) is 3.31. The van der Waals surface area contributed by atoms with Crippen molar-refractivity contribution in [2.45, 2.75) is 0 Å². The van der Waals surface area contributed by atoms with Gasteiger partial charge in [-0.2, -0.15) is 0 Å². The zero-order valence-corrected chi connectivity index (χ0v) is 14.6. The van der Waals surface area contributed by atoms with Gasteiger partial charge in [0, 0.05) is 24.6 Å². The second-order valence-corrected chi connectivity index (χ2v) is 7.09. The van der Waals surface area contributed by atoms with Crippen molar-refractivity contribution in [3.63, 3.8) is 0 Å². The highest BCUT2D eigenvalue weighted by Gasteiger charge is 2.08. The largest absolute Gasteiger partial charge is 0.324 e. The zero-order valence-electron chi connectivity index (χ0n) is 13.0. The van der Waals surface area contributed by atoms with Crippen LogP contribution in [0.1, 0.15) is 9.75 Å². The van der Waals surface area contributed by atoms with Crippen LogP contribution in [0.4, 0.5) is 21.4 Å². The topological polar surface area (TPSA) is 111 Å². The van der Waals surface area contributed by atoms with Crippen molar-refractivity contribution in [1.82, 2.24) is 0 Å². The maximum Gasteiger partial charge on any atom is 0.324 e. The smallest absolute Gasteiger partial charge is 0.258 e. The molecule has 3 aromatic rings. The number of hydrogen-bond donors (Lipinski definition) is 0. The predicted molar refractivity (Wildman–Crippen MR) is 103 cm³/mol. The highest BCUT2D eigenvalue weighted by atomic mass is 32.1. The molecule has 0 aliphatic carbocycles. The highest BCUT2D eigenvalue weighted by Crippen LogP contribution is 2.25. The lowest BCUT2D eigenvalue weighted by Crippen LogP contribution is -1.80. The molecule has 0 fully saturated rings. The van der Waals surface area contributed by atoms with Crippen LogP contribution in [-0.2, 0) is 0 Å². The number of nitro groups is 2. The summed E-state index contributed by atoms with van der Waals surface area (Å²) in [5.41, 5.74) is 1.37. The molecule has 0 atom stereocenters. The molecule has 0 saturated carbocycles. The van der Waals surface area contributed by atoms with Gasteiger partial charge < -0.3 is 0 Å². The molecule has 2 heterocycles. The van der Waals surface area contributed by atoms with Gasteiger partial charge in [0.05, 0.1) is 31.0 Å². The SMILES string of the molecule is O=[N+]([O-])c1ccc(C=Nc2ccc(N=Cc3ccc([N+](=O)[O-])s3)cc2)s1. The predicted octanol–water partition coefficient (Wildman–Crippen LogP) is 5.13. The third-order valence-electron chi connectivity index (χ3n) is 3.12. The van der Waals surface area contributed by atoms with Crippen LogP contribution in [0.25, 0.3) is 0 Å². The van der Waals surface area contributed by atoms with Gasteiger partial charge in [-0.05, 0) is 36.4 Å². The van der Waals surface area contributed by atoms with Crippen LogP contribution in [-0.4, -0.2) is 22.3 Å². The summed E-state index contributed by atoms with van der Waals surface area (Å²) in [4.78, 5) is 30.4. The van der Waals surface area contributed by atoms with E-state index in [1.54, 1.807) is 48.8 Å². The lowest BCUT2D eigenvalue weighted by atomic mass is 10.3. The van der Waals surface area contributed by atoms with Crippen molar-refractivity contribution in [1.29, 1.82) is 0 Å². The normalized spacial score (nSPS) is 11.4. The molecule has 130 valence electrons. The first-order valence-corrected chi connectivity index (χ1v) is 8.81. The van der Waals surface area contributed by atoms with Crippen LogP contribution in [0, 0.1) is 20.2 Å². The lowest BCUT2D eigenvalue weighted by Gasteiger charge is -1.95. The summed E-state index contributed by atoms with van der Waals surface area (Å²) in [7, 11) is 0. The van der Waals surface area contributed by atoms with Gasteiger partial charge in [-0.1, -0.05) is 22.7 Å². The number of nitrogens with zero attached hydrogens (tertiary/aromatic N) is 4. The van der Waals surface area contributed by atoms with Gasteiger partial charge in [-0.25, -0.2) is 0 Å². The van der Waals surface area contributed by atoms with E-state index < -0.39 is 9.85 Å². The van der Waals surface area contributed by atoms with Crippen molar-refractivity contribution in [3.8, 4) is 0 Å². The average Bonchev–Trinajstić information content (AvgIpc) is 3.28. The van der Waals surface area contributed by atoms with E-state index in [-0.39, 0.29) is 10.0 Å². The van der Waals surface area contributed by atoms with Crippen LogP contribution in [0.5, 0.6) is 0 Å². The molecule has 0 saturated heterocycles. The number of aliphatic imine (C=N–C) groups is 2. The Kier molecular flexibility index (Phi) is 5.25. The molecule has 0 amide bonds. The standard InChI is InChI=1S/C16H10N4O4S2/c21-19(22)15-7-5-13(25-15)9-17-11-1-2-12(4-3-11)18-10-14-6-8-16(26-14)20(23)24/h1-10H. The van der Waals surface area contributed by atoms with Crippen LogP contribution >= 0.6 is 22.7 Å². The van der Waals surface area contributed by atoms with E-state index in [1.165, 1.54) is 12.1 Å². The maximum absolute atomic E-state index is 10.7. The minimum atomic E-state index is -0.434. The summed E-state index contributed by atoms with van der Waals surface area (Å²) in [6.45, 7) is 0. The Bertz CT molecular complexity index is 924. The van der Waals surface area contributed by atoms with E-state index >= 15 is 0 Å². The summed E-state index contributed by atoms with van der Waals surface area (Å²) in [6.07, 6.45) is 3.14. The molecule has 0 N–H and O–H groups in total. The van der Waals surface area contributed by atoms with Crippen LogP contribution in [0.3, 0.4) is 0 Å². The zero-order chi connectivity index (χ0) is 18.5. The number of benzene rings is 1. The molecular weight excluding hydrogens is 376 g/mol. The molecule has 0 unspecified atom stereocenters. The van der Waals surface area contributed by atoms with E-state index in [2.05, 4.69) is 9.98 Å². The number of thiophene rings is 2. The Hall–Kier alpha value is -3.24. The average molecular weight is 386 g/mol. The highest BCUT2D eigenvalue weighted by molar-refractivity contribution is 7.17. The van der Waals surface area contributed by atoms with Crippen LogP contribution < -0.4 is 0 Å². The van der Waals surface area contributed by atoms with E-state index in [0.29, 0.717) is 21.1 Å². The Morgan fingerprint density at radius 1 is 0.692 bits per heavy atom. The number of hydrogen-bond acceptors (Lipinski definition) is 8. The lowest BCUT2D eigenvalue weighted by molar-refractivity contribution is -0.380. The van der Waals surface area contributed by atoms with Crippen molar-refractivity contribution < 1.29 is 9.85 Å². The maximum atomic E-state index is 10.7. The van der Waals surface area contributed by atoms with Gasteiger partial charge in [0.1, 0.15) is 0 Å². The summed E-state index contributed by atoms with van der Waals surface area (Å²) < 4.78 is 0. The Morgan fingerprint density at radius 3 is 1.38 bits per heavy atom. The van der Waals surface area contributed by atoms with Gasteiger partial charge in [-0.15, -0.1) is 0 Å². The molecule has 1 aromatic carbocycles. The molecule has 0 aliphatic rings. The molecule has 0 radical (unpaired) electrons. The first-order chi connectivity index (χ1) is 12.5. The number of rotatable bonds is 6. The van der Waals surface area contributed by atoms with Crippen molar-refractivity contribution >= 4 is 56.5 Å². The molecule has 3 rings (SSSR count). The van der Waals surface area contributed by atoms with E-state index in [1.807, 2.05) is 0 Å². The van der Waals surface area contributed by atoms with E-state index in [0.717, 1.165) is 22.7 Å². The monoisotopic (exact) mass is 386 g/mol. The third kappa shape index (κ3) is 4.43. The summed E-state index contributed by atoms with van der Waals surface area (Å²) in [6, 6.07) is 13.2. The molecule has 0 spiro atoms. The van der Waals surface area contributed by atoms with E-state index in [9.17, 15) is 20.2 Å². The minimum Gasteiger partial charge on any atom is -0.258 e. The molecule has 2 aromatic heterocycles. The van der Waals surface area contributed by atoms with Gasteiger partial charge in [0.25, 0.3) is 0 Å². The Balaban J connectivity index is 1.65. The Morgan fingerprint density at radius 2 is 1.08 bits per heavy atom. The third-order valence-corrected chi connectivity index (χ3v) is 5.06. The molecular formula is C16H10N4O4S2. The van der Waals surface area contributed by atoms with Crippen molar-refractivity contribution in [2.24, 2.45) is 9.98 Å². The van der Waals surface area contributed by atoms with Gasteiger partial charge >= 0.3 is 10.0 Å². The van der Waals surface area contributed by atoms with Crippen LogP contribution in [0.2, 0.25) is 0 Å². The molecule has 26 heavy (non-hydrogen) atoms. The van der Waals surface area contributed by atoms with E-state index in [4.69, 9.17) is 0 Å². The first-order valence-electron chi connectivity index (χ1n) is 7.18. The van der Waals surface area contributed by atoms with Gasteiger partial charge in [0.15, 0.2) is 0 Å². The quantitative estimate of drug-likeness (QED) is 0.332. The van der Waals surface area contributed by atoms with Crippen LogP contribution in [0.15, 0.2) is 58.5 Å². The summed E-state index contributed by atoms with van der Waals surface area (Å²) >= 11 is 2.11. The van der Waals surface area contributed by atoms with Gasteiger partial charge in [0.2, 0.25) is 0 Å². The Labute approximate surface area is 155 Å². The summed E-state index contributed by atoms with van der Waals surface area (Å²) in [5.74, 6) is 0. The fourth-order valence-electron chi connectivity index (χ4n) is 1.92. The first kappa shape index (κ1) is 17.6. The molecule has 10 heteroatoms. The minimum absolute atomic E-state index is 0.0740. The molecule has 0 aliphatic heterocycles. The van der Waals surface area contributed by atoms with Gasteiger partial charge in [-0.3, -0.25) is 30.2 Å². The van der Waals surface area contributed by atoms with Crippen molar-refractivity contribution in [3.05, 3.63) is 78.5 Å².